The van der Waals surface area contributed by atoms with Gasteiger partial charge in [0.05, 0.1) is 12.5 Å². The van der Waals surface area contributed by atoms with Crippen molar-refractivity contribution in [2.24, 2.45) is 11.8 Å². The fourth-order valence-electron chi connectivity index (χ4n) is 5.97. The van der Waals surface area contributed by atoms with Gasteiger partial charge in [-0.1, -0.05) is 18.2 Å². The fraction of sp³-hybridized carbons (Fsp3) is 0.406. The molecule has 8 heteroatoms. The van der Waals surface area contributed by atoms with Crippen molar-refractivity contribution in [1.29, 1.82) is 0 Å². The summed E-state index contributed by atoms with van der Waals surface area (Å²) in [5.74, 6) is 1.43. The van der Waals surface area contributed by atoms with Crippen LogP contribution in [0.25, 0.3) is 11.1 Å². The molecule has 1 saturated heterocycles. The maximum Gasteiger partial charge on any atom is 0.307 e. The summed E-state index contributed by atoms with van der Waals surface area (Å²) in [7, 11) is -2.39. The first-order chi connectivity index (χ1) is 19.3. The average molecular weight is 567 g/mol. The molecule has 6 rings (SSSR count). The summed E-state index contributed by atoms with van der Waals surface area (Å²) in [5, 5.41) is 9.16. The van der Waals surface area contributed by atoms with Crippen molar-refractivity contribution in [2.75, 3.05) is 18.1 Å². The maximum atomic E-state index is 15.1. The van der Waals surface area contributed by atoms with E-state index in [-0.39, 0.29) is 24.3 Å². The summed E-state index contributed by atoms with van der Waals surface area (Å²) in [6, 6.07) is 17.1. The van der Waals surface area contributed by atoms with Crippen molar-refractivity contribution < 1.29 is 32.9 Å². The van der Waals surface area contributed by atoms with E-state index in [1.807, 2.05) is 36.4 Å². The van der Waals surface area contributed by atoms with Crippen LogP contribution in [0.2, 0.25) is 0 Å². The van der Waals surface area contributed by atoms with Crippen LogP contribution < -0.4 is 9.47 Å². The highest BCUT2D eigenvalue weighted by Crippen LogP contribution is 2.48. The number of ether oxygens (including phenoxy) is 2. The summed E-state index contributed by atoms with van der Waals surface area (Å²) >= 11 is 0. The number of aryl methyl sites for hydroxylation is 2. The minimum Gasteiger partial charge on any atom is -0.493 e. The van der Waals surface area contributed by atoms with Crippen molar-refractivity contribution in [1.82, 2.24) is 0 Å². The topological polar surface area (TPSA) is 96.2 Å². The highest BCUT2D eigenvalue weighted by atomic mass is 32.3. The normalized spacial score (nSPS) is 22.4. The van der Waals surface area contributed by atoms with E-state index in [1.165, 1.54) is 5.56 Å². The highest BCUT2D eigenvalue weighted by molar-refractivity contribution is 8.24. The second-order valence-electron chi connectivity index (χ2n) is 11.4. The third-order valence-corrected chi connectivity index (χ3v) is 10.3. The molecule has 0 amide bonds. The number of carboxylic acid groups (broad SMARTS) is 1. The van der Waals surface area contributed by atoms with Crippen molar-refractivity contribution >= 4 is 16.6 Å². The second-order valence-corrected chi connectivity index (χ2v) is 13.8. The fourth-order valence-corrected chi connectivity index (χ4v) is 7.60. The zero-order chi connectivity index (χ0) is 27.9. The van der Waals surface area contributed by atoms with Crippen LogP contribution in [-0.4, -0.2) is 38.3 Å². The third kappa shape index (κ3) is 5.99. The van der Waals surface area contributed by atoms with Crippen LogP contribution in [0.3, 0.4) is 0 Å². The molecule has 0 spiro atoms. The molecule has 212 valence electrons. The van der Waals surface area contributed by atoms with Gasteiger partial charge in [-0.2, -0.15) is 10.6 Å². The minimum absolute atomic E-state index is 0.0653. The summed E-state index contributed by atoms with van der Waals surface area (Å²) in [5.41, 5.74) is 5.79. The number of carbonyl (C=O) groups is 1. The Balaban J connectivity index is 1.13. The lowest BCUT2D eigenvalue weighted by molar-refractivity contribution is -0.138. The molecule has 2 atom stereocenters. The van der Waals surface area contributed by atoms with E-state index in [4.69, 9.17) is 14.6 Å². The molecule has 3 aromatic carbocycles. The largest absolute Gasteiger partial charge is 0.493 e. The molecule has 1 aliphatic heterocycles. The molecule has 0 radical (unpaired) electrons. The number of fused-ring (bicyclic) bond motifs is 3. The van der Waals surface area contributed by atoms with Gasteiger partial charge in [-0.05, 0) is 115 Å². The smallest absolute Gasteiger partial charge is 0.307 e. The number of carboxylic acids is 1. The quantitative estimate of drug-likeness (QED) is 0.265. The van der Waals surface area contributed by atoms with Gasteiger partial charge in [-0.15, -0.1) is 0 Å². The lowest BCUT2D eigenvalue weighted by atomic mass is 9.94. The first kappa shape index (κ1) is 27.1. The Kier molecular flexibility index (Phi) is 7.50. The van der Waals surface area contributed by atoms with E-state index in [9.17, 15) is 13.9 Å². The number of aliphatic carboxylic acids is 1. The Morgan fingerprint density at radius 2 is 1.60 bits per heavy atom. The summed E-state index contributed by atoms with van der Waals surface area (Å²) in [6.45, 7) is 0.668. The second kappa shape index (κ2) is 11.1. The van der Waals surface area contributed by atoms with Gasteiger partial charge in [0.1, 0.15) is 23.9 Å². The van der Waals surface area contributed by atoms with E-state index in [0.717, 1.165) is 60.1 Å². The molecule has 6 nitrogen and oxygen atoms in total. The summed E-state index contributed by atoms with van der Waals surface area (Å²) < 4.78 is 46.8. The van der Waals surface area contributed by atoms with Crippen molar-refractivity contribution in [3.63, 3.8) is 0 Å². The number of hydrogen-bond donors (Lipinski definition) is 3. The number of hydrogen-bond acceptors (Lipinski definition) is 5. The highest BCUT2D eigenvalue weighted by Gasteiger charge is 2.44. The number of halogens is 1. The van der Waals surface area contributed by atoms with Crippen molar-refractivity contribution in [3.8, 4) is 22.6 Å². The van der Waals surface area contributed by atoms with Crippen molar-refractivity contribution in [3.05, 3.63) is 82.7 Å². The average Bonchev–Trinajstić information content (AvgIpc) is 3.76. The molecule has 3 aliphatic rings. The molecule has 0 bridgehead atoms. The Morgan fingerprint density at radius 1 is 0.900 bits per heavy atom. The minimum atomic E-state index is -2.39. The molecular weight excluding hydrogens is 531 g/mol. The predicted octanol–water partition coefficient (Wildman–Crippen LogP) is 7.29. The molecule has 0 aromatic heterocycles. The SMILES string of the molecule is O=C(O)C1CC1c1ccc(OCc2cc3c(cc2F)CCCc2cc(OCC4CCS(O)(O)CC4)ccc2-3)cc1. The molecule has 40 heavy (non-hydrogen) atoms. The van der Waals surface area contributed by atoms with E-state index in [2.05, 4.69) is 12.1 Å². The van der Waals surface area contributed by atoms with Gasteiger partial charge >= 0.3 is 5.97 Å². The van der Waals surface area contributed by atoms with Crippen LogP contribution >= 0.6 is 10.6 Å². The molecular formula is C32H35FO6S. The first-order valence-corrected chi connectivity index (χ1v) is 15.9. The summed E-state index contributed by atoms with van der Waals surface area (Å²) in [6.07, 6.45) is 4.82. The van der Waals surface area contributed by atoms with Gasteiger partial charge in [0, 0.05) is 17.1 Å². The molecule has 2 unspecified atom stereocenters. The van der Waals surface area contributed by atoms with Gasteiger partial charge in [-0.3, -0.25) is 13.9 Å². The lowest BCUT2D eigenvalue weighted by Gasteiger charge is -2.39. The molecule has 1 heterocycles. The molecule has 3 N–H and O–H groups in total. The van der Waals surface area contributed by atoms with E-state index < -0.39 is 16.6 Å². The van der Waals surface area contributed by atoms with Gasteiger partial charge in [-0.25, -0.2) is 4.39 Å². The molecule has 2 aliphatic carbocycles. The van der Waals surface area contributed by atoms with E-state index in [0.29, 0.717) is 41.8 Å². The van der Waals surface area contributed by atoms with Gasteiger partial charge < -0.3 is 14.6 Å². The van der Waals surface area contributed by atoms with Crippen LogP contribution in [0.5, 0.6) is 11.5 Å². The van der Waals surface area contributed by atoms with Crippen LogP contribution in [0.4, 0.5) is 4.39 Å². The third-order valence-electron chi connectivity index (χ3n) is 8.53. The van der Waals surface area contributed by atoms with Crippen molar-refractivity contribution in [2.45, 2.75) is 51.0 Å². The monoisotopic (exact) mass is 566 g/mol. The van der Waals surface area contributed by atoms with Gasteiger partial charge in [0.2, 0.25) is 0 Å². The standard InChI is InChI=1S/C32H35FO6S/c33-31-16-23-3-1-2-22-14-26(38-18-20-10-12-40(36,37)13-11-20)8-9-27(22)28(23)15-24(31)19-39-25-6-4-21(5-7-25)29-17-30(29)32(34)35/h4-9,14-16,20,29-30,36-37H,1-3,10-13,17-19H2,(H,34,35). The molecule has 2 fully saturated rings. The first-order valence-electron chi connectivity index (χ1n) is 14.0. The number of rotatable bonds is 8. The van der Waals surface area contributed by atoms with Gasteiger partial charge in [0.25, 0.3) is 0 Å². The lowest BCUT2D eigenvalue weighted by Crippen LogP contribution is -2.24. The number of benzene rings is 3. The summed E-state index contributed by atoms with van der Waals surface area (Å²) in [4.78, 5) is 11.1. The Morgan fingerprint density at radius 3 is 2.30 bits per heavy atom. The van der Waals surface area contributed by atoms with E-state index >= 15 is 4.39 Å². The molecule has 1 saturated carbocycles. The zero-order valence-electron chi connectivity index (χ0n) is 22.4. The van der Waals surface area contributed by atoms with Crippen LogP contribution in [0, 0.1) is 17.7 Å². The Hall–Kier alpha value is -3.07. The van der Waals surface area contributed by atoms with Crippen LogP contribution in [0.1, 0.15) is 53.9 Å². The molecule has 3 aromatic rings. The van der Waals surface area contributed by atoms with E-state index in [1.54, 1.807) is 6.07 Å². The Labute approximate surface area is 235 Å². The zero-order valence-corrected chi connectivity index (χ0v) is 23.2. The predicted molar refractivity (Wildman–Crippen MR) is 154 cm³/mol. The van der Waals surface area contributed by atoms with Crippen LogP contribution in [0.15, 0.2) is 54.6 Å². The maximum absolute atomic E-state index is 15.1. The Bertz CT molecular complexity index is 1400. The van der Waals surface area contributed by atoms with Gasteiger partial charge in [0.15, 0.2) is 0 Å². The van der Waals surface area contributed by atoms with Crippen LogP contribution in [-0.2, 0) is 24.2 Å².